The summed E-state index contributed by atoms with van der Waals surface area (Å²) in [7, 11) is 0. The summed E-state index contributed by atoms with van der Waals surface area (Å²) in [6, 6.07) is 1.86. The molecule has 1 N–H and O–H groups in total. The zero-order valence-corrected chi connectivity index (χ0v) is 15.8. The van der Waals surface area contributed by atoms with E-state index < -0.39 is 0 Å². The first-order valence-corrected chi connectivity index (χ1v) is 9.38. The number of nitrogens with one attached hydrogen (secondary N) is 1. The van der Waals surface area contributed by atoms with Gasteiger partial charge in [-0.3, -0.25) is 13.9 Å². The van der Waals surface area contributed by atoms with Crippen LogP contribution in [0.1, 0.15) is 54.3 Å². The van der Waals surface area contributed by atoms with Gasteiger partial charge in [0.2, 0.25) is 5.78 Å². The van der Waals surface area contributed by atoms with Gasteiger partial charge >= 0.3 is 0 Å². The number of carbonyl (C=O) groups is 1. The number of fused-ring (bicyclic) bond motifs is 2. The lowest BCUT2D eigenvalue weighted by Gasteiger charge is -2.24. The molecule has 2 atom stereocenters. The maximum Gasteiger partial charge on any atom is 0.269 e. The lowest BCUT2D eigenvalue weighted by atomic mass is 9.99. The molecule has 142 valence electrons. The van der Waals surface area contributed by atoms with Crippen molar-refractivity contribution in [3.05, 3.63) is 47.3 Å². The van der Waals surface area contributed by atoms with Crippen molar-refractivity contribution in [3.8, 4) is 0 Å². The predicted molar refractivity (Wildman–Crippen MR) is 99.6 cm³/mol. The molecule has 0 radical (unpaired) electrons. The van der Waals surface area contributed by atoms with Crippen molar-refractivity contribution in [2.24, 2.45) is 0 Å². The number of ether oxygens (including phenoxy) is 1. The second-order valence-electron chi connectivity index (χ2n) is 6.89. The molecule has 1 amide bonds. The van der Waals surface area contributed by atoms with E-state index in [4.69, 9.17) is 4.74 Å². The van der Waals surface area contributed by atoms with Crippen LogP contribution in [0.5, 0.6) is 0 Å². The molecule has 8 heteroatoms. The first-order chi connectivity index (χ1) is 13.1. The maximum absolute atomic E-state index is 12.9. The molecule has 4 heterocycles. The topological polar surface area (TPSA) is 86.3 Å². The third kappa shape index (κ3) is 3.32. The van der Waals surface area contributed by atoms with Crippen molar-refractivity contribution >= 4 is 11.7 Å². The Bertz CT molecular complexity index is 943. The maximum atomic E-state index is 12.9. The van der Waals surface area contributed by atoms with Crippen molar-refractivity contribution < 1.29 is 9.53 Å². The number of aryl methyl sites for hydroxylation is 1. The number of aromatic nitrogens is 5. The molecule has 0 fully saturated rings. The molecule has 27 heavy (non-hydrogen) atoms. The van der Waals surface area contributed by atoms with Gasteiger partial charge < -0.3 is 10.1 Å². The molecule has 1 aliphatic rings. The molecular weight excluding hydrogens is 344 g/mol. The molecule has 8 nitrogen and oxygen atoms in total. The Kier molecular flexibility index (Phi) is 4.65. The second kappa shape index (κ2) is 7.11. The van der Waals surface area contributed by atoms with Crippen molar-refractivity contribution in [1.82, 2.24) is 29.5 Å². The summed E-state index contributed by atoms with van der Waals surface area (Å²) in [4.78, 5) is 21.6. The second-order valence-corrected chi connectivity index (χ2v) is 6.89. The van der Waals surface area contributed by atoms with Crippen molar-refractivity contribution in [2.45, 2.75) is 52.4 Å². The predicted octanol–water partition coefficient (Wildman–Crippen LogP) is 1.94. The number of rotatable bonds is 5. The van der Waals surface area contributed by atoms with E-state index in [0.29, 0.717) is 37.4 Å². The number of imidazole rings is 1. The molecule has 0 bridgehead atoms. The van der Waals surface area contributed by atoms with E-state index in [1.54, 1.807) is 10.9 Å². The van der Waals surface area contributed by atoms with Crippen LogP contribution in [0.15, 0.2) is 24.7 Å². The summed E-state index contributed by atoms with van der Waals surface area (Å²) in [6.07, 6.45) is 6.91. The van der Waals surface area contributed by atoms with Gasteiger partial charge in [-0.15, -0.1) is 0 Å². The molecule has 1 aliphatic heterocycles. The van der Waals surface area contributed by atoms with Gasteiger partial charge in [0.15, 0.2) is 0 Å². The zero-order chi connectivity index (χ0) is 19.0. The highest BCUT2D eigenvalue weighted by molar-refractivity contribution is 5.94. The summed E-state index contributed by atoms with van der Waals surface area (Å²) >= 11 is 0. The number of carbonyl (C=O) groups excluding carboxylic acids is 1. The summed E-state index contributed by atoms with van der Waals surface area (Å²) in [5.41, 5.74) is 3.45. The van der Waals surface area contributed by atoms with Gasteiger partial charge in [-0.1, -0.05) is 0 Å². The molecule has 4 rings (SSSR count). The highest BCUT2D eigenvalue weighted by Gasteiger charge is 2.31. The first-order valence-electron chi connectivity index (χ1n) is 9.38. The van der Waals surface area contributed by atoms with Gasteiger partial charge in [-0.2, -0.15) is 5.10 Å². The minimum Gasteiger partial charge on any atom is -0.369 e. The van der Waals surface area contributed by atoms with E-state index in [2.05, 4.69) is 20.4 Å². The Morgan fingerprint density at radius 2 is 2.26 bits per heavy atom. The molecule has 3 aromatic heterocycles. The molecule has 0 saturated heterocycles. The lowest BCUT2D eigenvalue weighted by Crippen LogP contribution is -2.30. The number of hydrogen-bond donors (Lipinski definition) is 1. The van der Waals surface area contributed by atoms with E-state index in [1.165, 1.54) is 0 Å². The molecular formula is C19H24N6O2. The zero-order valence-electron chi connectivity index (χ0n) is 15.8. The molecule has 3 aromatic rings. The fourth-order valence-corrected chi connectivity index (χ4v) is 3.66. The highest BCUT2D eigenvalue weighted by atomic mass is 16.5. The van der Waals surface area contributed by atoms with Crippen LogP contribution in [-0.4, -0.2) is 42.7 Å². The summed E-state index contributed by atoms with van der Waals surface area (Å²) in [5, 5.41) is 7.63. The minimum atomic E-state index is -0.0893. The van der Waals surface area contributed by atoms with Crippen LogP contribution in [0.25, 0.3) is 5.78 Å². The molecule has 0 aliphatic carbocycles. The molecule has 0 spiro atoms. The van der Waals surface area contributed by atoms with E-state index >= 15 is 0 Å². The molecule has 0 unspecified atom stereocenters. The molecule has 0 aromatic carbocycles. The number of nitrogens with zero attached hydrogens (tertiary/aromatic N) is 5. The Morgan fingerprint density at radius 1 is 1.41 bits per heavy atom. The normalized spacial score (nSPS) is 19.2. The Labute approximate surface area is 157 Å². The SMILES string of the molecule is CCn1nc2c(c1C(=O)NCCc1cn3cccnc3n1)C[C@H](C)O[C@@H]2C. The summed E-state index contributed by atoms with van der Waals surface area (Å²) < 4.78 is 9.51. The van der Waals surface area contributed by atoms with Crippen molar-refractivity contribution in [3.63, 3.8) is 0 Å². The number of hydrogen-bond acceptors (Lipinski definition) is 5. The highest BCUT2D eigenvalue weighted by Crippen LogP contribution is 2.31. The average molecular weight is 368 g/mol. The van der Waals surface area contributed by atoms with Crippen molar-refractivity contribution in [1.29, 1.82) is 0 Å². The van der Waals surface area contributed by atoms with Gasteiger partial charge in [-0.05, 0) is 26.8 Å². The van der Waals surface area contributed by atoms with Crippen LogP contribution in [0, 0.1) is 0 Å². The lowest BCUT2D eigenvalue weighted by molar-refractivity contribution is -0.00712. The third-order valence-electron chi connectivity index (χ3n) is 4.86. The van der Waals surface area contributed by atoms with E-state index in [0.717, 1.165) is 17.0 Å². The van der Waals surface area contributed by atoms with E-state index in [1.807, 2.05) is 43.6 Å². The van der Waals surface area contributed by atoms with Crippen molar-refractivity contribution in [2.75, 3.05) is 6.54 Å². The monoisotopic (exact) mass is 368 g/mol. The Morgan fingerprint density at radius 3 is 3.04 bits per heavy atom. The standard InChI is InChI=1S/C19H24N6O2/c1-4-25-17(15-10-12(2)27-13(3)16(15)23-25)18(26)20-8-6-14-11-24-9-5-7-21-19(24)22-14/h5,7,9,11-13H,4,6,8,10H2,1-3H3,(H,20,26)/t12-,13+/m0/s1. The molecule has 0 saturated carbocycles. The van der Waals surface area contributed by atoms with Crippen LogP contribution in [0.2, 0.25) is 0 Å². The van der Waals surface area contributed by atoms with Gasteiger partial charge in [-0.25, -0.2) is 9.97 Å². The van der Waals surface area contributed by atoms with Crippen LogP contribution < -0.4 is 5.32 Å². The summed E-state index contributed by atoms with van der Waals surface area (Å²) in [5.74, 6) is 0.578. The quantitative estimate of drug-likeness (QED) is 0.744. The van der Waals surface area contributed by atoms with Crippen LogP contribution >= 0.6 is 0 Å². The summed E-state index contributed by atoms with van der Waals surface area (Å²) in [6.45, 7) is 7.17. The first kappa shape index (κ1) is 17.7. The smallest absolute Gasteiger partial charge is 0.269 e. The number of amides is 1. The van der Waals surface area contributed by atoms with Crippen LogP contribution in [-0.2, 0) is 24.1 Å². The Hall–Kier alpha value is -2.74. The van der Waals surface area contributed by atoms with Gasteiger partial charge in [0.05, 0.1) is 23.6 Å². The van der Waals surface area contributed by atoms with Gasteiger partial charge in [0.1, 0.15) is 5.69 Å². The van der Waals surface area contributed by atoms with Gasteiger partial charge in [0, 0.05) is 50.1 Å². The minimum absolute atomic E-state index is 0.0824. The van der Waals surface area contributed by atoms with Gasteiger partial charge in [0.25, 0.3) is 5.91 Å². The van der Waals surface area contributed by atoms with E-state index in [-0.39, 0.29) is 18.1 Å². The largest absolute Gasteiger partial charge is 0.369 e. The average Bonchev–Trinajstić information content (AvgIpc) is 3.22. The van der Waals surface area contributed by atoms with Crippen LogP contribution in [0.4, 0.5) is 0 Å². The van der Waals surface area contributed by atoms with E-state index in [9.17, 15) is 4.79 Å². The Balaban J connectivity index is 1.48. The van der Waals surface area contributed by atoms with Crippen LogP contribution in [0.3, 0.4) is 0 Å². The third-order valence-corrected chi connectivity index (χ3v) is 4.86. The fraction of sp³-hybridized carbons (Fsp3) is 0.474. The fourth-order valence-electron chi connectivity index (χ4n) is 3.66.